The van der Waals surface area contributed by atoms with Crippen molar-refractivity contribution in [3.63, 3.8) is 0 Å². The number of aliphatic carboxylic acids is 1. The fourth-order valence-electron chi connectivity index (χ4n) is 3.05. The Kier molecular flexibility index (Phi) is 7.22. The van der Waals surface area contributed by atoms with Crippen LogP contribution in [0.2, 0.25) is 0 Å². The lowest BCUT2D eigenvalue weighted by Crippen LogP contribution is -2.23. The minimum atomic E-state index is -0.782. The highest BCUT2D eigenvalue weighted by Crippen LogP contribution is 2.17. The predicted octanol–water partition coefficient (Wildman–Crippen LogP) is 5.15. The third-order valence-electron chi connectivity index (χ3n) is 4.81. The first kappa shape index (κ1) is 21.1. The molecule has 3 aromatic rings. The molecule has 0 aliphatic carbocycles. The van der Waals surface area contributed by atoms with E-state index >= 15 is 0 Å². The average molecular weight is 402 g/mol. The van der Waals surface area contributed by atoms with Gasteiger partial charge in [0.05, 0.1) is 5.71 Å². The molecule has 0 radical (unpaired) electrons. The molecule has 3 N–H and O–H groups in total. The quantitative estimate of drug-likeness (QED) is 0.410. The molecular formula is C25H26N2O3. The molecule has 0 aliphatic rings. The molecule has 0 amide bonds. The van der Waals surface area contributed by atoms with Gasteiger partial charge >= 0.3 is 5.97 Å². The van der Waals surface area contributed by atoms with Crippen molar-refractivity contribution in [2.75, 3.05) is 5.32 Å². The van der Waals surface area contributed by atoms with Gasteiger partial charge in [-0.25, -0.2) is 0 Å². The summed E-state index contributed by atoms with van der Waals surface area (Å²) in [6.45, 7) is 2.55. The Bertz CT molecular complexity index is 968. The Balaban J connectivity index is 1.49. The van der Waals surface area contributed by atoms with Crippen LogP contribution in [0.25, 0.3) is 0 Å². The number of aryl methyl sites for hydroxylation is 1. The van der Waals surface area contributed by atoms with Gasteiger partial charge in [0.25, 0.3) is 0 Å². The number of hydrogen-bond donors (Lipinski definition) is 3. The van der Waals surface area contributed by atoms with E-state index in [2.05, 4.69) is 5.32 Å². The molecule has 3 rings (SSSR count). The van der Waals surface area contributed by atoms with Gasteiger partial charge in [-0.15, -0.1) is 0 Å². The Morgan fingerprint density at radius 3 is 2.23 bits per heavy atom. The summed E-state index contributed by atoms with van der Waals surface area (Å²) in [5.41, 5.74) is 4.43. The van der Waals surface area contributed by atoms with Gasteiger partial charge in [0.15, 0.2) is 0 Å². The second kappa shape index (κ2) is 10.3. The number of benzene rings is 3. The van der Waals surface area contributed by atoms with Gasteiger partial charge in [0.1, 0.15) is 11.9 Å². The minimum absolute atomic E-state index is 0.143. The topological polar surface area (TPSA) is 82.4 Å². The van der Waals surface area contributed by atoms with Crippen LogP contribution in [0.5, 0.6) is 5.75 Å². The number of carboxylic acid groups (broad SMARTS) is 1. The SMILES string of the molecule is CC(Oc1ccc(CNc2ccc(CCC(=O)O)cc2)cc1)C(=N)c1ccccc1. The summed E-state index contributed by atoms with van der Waals surface area (Å²) in [5.74, 6) is -0.0503. The van der Waals surface area contributed by atoms with Crippen molar-refractivity contribution in [1.82, 2.24) is 0 Å². The Labute approximate surface area is 176 Å². The van der Waals surface area contributed by atoms with E-state index in [1.807, 2.05) is 85.8 Å². The summed E-state index contributed by atoms with van der Waals surface area (Å²) in [5, 5.41) is 20.4. The Morgan fingerprint density at radius 1 is 0.967 bits per heavy atom. The van der Waals surface area contributed by atoms with Crippen molar-refractivity contribution >= 4 is 17.4 Å². The third kappa shape index (κ3) is 6.21. The Morgan fingerprint density at radius 2 is 1.60 bits per heavy atom. The van der Waals surface area contributed by atoms with Crippen molar-refractivity contribution < 1.29 is 14.6 Å². The standard InChI is InChI=1S/C25H26N2O3/c1-18(25(26)21-5-3-2-4-6-21)30-23-14-9-20(10-15-23)17-27-22-12-7-19(8-13-22)11-16-24(28)29/h2-10,12-15,18,26-27H,11,16-17H2,1H3,(H,28,29). The van der Waals surface area contributed by atoms with Crippen LogP contribution >= 0.6 is 0 Å². The summed E-state index contributed by atoms with van der Waals surface area (Å²) in [4.78, 5) is 10.6. The molecule has 0 saturated carbocycles. The fourth-order valence-corrected chi connectivity index (χ4v) is 3.05. The van der Waals surface area contributed by atoms with Crippen LogP contribution in [0.1, 0.15) is 30.0 Å². The van der Waals surface area contributed by atoms with Gasteiger partial charge in [-0.05, 0) is 54.3 Å². The van der Waals surface area contributed by atoms with Gasteiger partial charge in [0, 0.05) is 18.7 Å². The van der Waals surface area contributed by atoms with E-state index in [9.17, 15) is 4.79 Å². The molecule has 154 valence electrons. The molecule has 5 nitrogen and oxygen atoms in total. The Hall–Kier alpha value is -3.60. The number of rotatable bonds is 10. The van der Waals surface area contributed by atoms with Gasteiger partial charge in [-0.1, -0.05) is 54.6 Å². The van der Waals surface area contributed by atoms with Gasteiger partial charge in [0.2, 0.25) is 0 Å². The summed E-state index contributed by atoms with van der Waals surface area (Å²) in [6, 6.07) is 25.3. The number of carboxylic acids is 1. The zero-order valence-electron chi connectivity index (χ0n) is 17.0. The predicted molar refractivity (Wildman–Crippen MR) is 120 cm³/mol. The maximum Gasteiger partial charge on any atom is 0.303 e. The molecular weight excluding hydrogens is 376 g/mol. The maximum atomic E-state index is 10.6. The number of ether oxygens (including phenoxy) is 1. The number of carbonyl (C=O) groups is 1. The van der Waals surface area contributed by atoms with Crippen LogP contribution in [0.4, 0.5) is 5.69 Å². The smallest absolute Gasteiger partial charge is 0.303 e. The lowest BCUT2D eigenvalue weighted by molar-refractivity contribution is -0.136. The minimum Gasteiger partial charge on any atom is -0.484 e. The third-order valence-corrected chi connectivity index (χ3v) is 4.81. The molecule has 0 heterocycles. The van der Waals surface area contributed by atoms with Crippen LogP contribution < -0.4 is 10.1 Å². The average Bonchev–Trinajstić information content (AvgIpc) is 2.78. The maximum absolute atomic E-state index is 10.6. The molecule has 3 aromatic carbocycles. The molecule has 0 fully saturated rings. The molecule has 1 unspecified atom stereocenters. The van der Waals surface area contributed by atoms with Crippen LogP contribution in [0.15, 0.2) is 78.9 Å². The highest BCUT2D eigenvalue weighted by molar-refractivity contribution is 6.01. The van der Waals surface area contributed by atoms with E-state index in [0.29, 0.717) is 18.7 Å². The lowest BCUT2D eigenvalue weighted by atomic mass is 10.1. The van der Waals surface area contributed by atoms with Gasteiger partial charge < -0.3 is 20.6 Å². The van der Waals surface area contributed by atoms with Crippen LogP contribution in [0.3, 0.4) is 0 Å². The second-order valence-electron chi connectivity index (χ2n) is 7.13. The molecule has 0 bridgehead atoms. The first-order valence-corrected chi connectivity index (χ1v) is 9.95. The van der Waals surface area contributed by atoms with E-state index in [0.717, 1.165) is 28.1 Å². The summed E-state index contributed by atoms with van der Waals surface area (Å²) >= 11 is 0. The van der Waals surface area contributed by atoms with Crippen molar-refractivity contribution in [3.8, 4) is 5.75 Å². The molecule has 0 aromatic heterocycles. The zero-order valence-corrected chi connectivity index (χ0v) is 17.0. The van der Waals surface area contributed by atoms with Gasteiger partial charge in [-0.3, -0.25) is 4.79 Å². The van der Waals surface area contributed by atoms with E-state index in [1.54, 1.807) is 0 Å². The van der Waals surface area contributed by atoms with Crippen LogP contribution in [0, 0.1) is 5.41 Å². The van der Waals surface area contributed by atoms with E-state index in [-0.39, 0.29) is 12.5 Å². The first-order chi connectivity index (χ1) is 14.5. The van der Waals surface area contributed by atoms with E-state index in [1.165, 1.54) is 0 Å². The number of anilines is 1. The van der Waals surface area contributed by atoms with E-state index < -0.39 is 5.97 Å². The molecule has 30 heavy (non-hydrogen) atoms. The molecule has 0 saturated heterocycles. The van der Waals surface area contributed by atoms with Gasteiger partial charge in [-0.2, -0.15) is 0 Å². The monoisotopic (exact) mass is 402 g/mol. The highest BCUT2D eigenvalue weighted by atomic mass is 16.5. The van der Waals surface area contributed by atoms with Crippen molar-refractivity contribution in [1.29, 1.82) is 5.41 Å². The largest absolute Gasteiger partial charge is 0.484 e. The highest BCUT2D eigenvalue weighted by Gasteiger charge is 2.12. The number of hydrogen-bond acceptors (Lipinski definition) is 4. The summed E-state index contributed by atoms with van der Waals surface area (Å²) < 4.78 is 5.91. The second-order valence-corrected chi connectivity index (χ2v) is 7.13. The molecule has 5 heteroatoms. The summed E-state index contributed by atoms with van der Waals surface area (Å²) in [6.07, 6.45) is 0.345. The first-order valence-electron chi connectivity index (χ1n) is 9.95. The van der Waals surface area contributed by atoms with Crippen molar-refractivity contribution in [2.45, 2.75) is 32.4 Å². The zero-order chi connectivity index (χ0) is 21.3. The number of nitrogens with one attached hydrogen (secondary N) is 2. The molecule has 0 aliphatic heterocycles. The van der Waals surface area contributed by atoms with Crippen LogP contribution in [-0.2, 0) is 17.8 Å². The fraction of sp³-hybridized carbons (Fsp3) is 0.200. The molecule has 0 spiro atoms. The molecule has 1 atom stereocenters. The van der Waals surface area contributed by atoms with Crippen molar-refractivity contribution in [2.24, 2.45) is 0 Å². The van der Waals surface area contributed by atoms with E-state index in [4.69, 9.17) is 15.3 Å². The van der Waals surface area contributed by atoms with Crippen LogP contribution in [-0.4, -0.2) is 22.9 Å². The van der Waals surface area contributed by atoms with Crippen molar-refractivity contribution in [3.05, 3.63) is 95.6 Å². The summed E-state index contributed by atoms with van der Waals surface area (Å²) in [7, 11) is 0. The lowest BCUT2D eigenvalue weighted by Gasteiger charge is -2.16. The normalized spacial score (nSPS) is 11.5.